The van der Waals surface area contributed by atoms with Crippen molar-refractivity contribution in [1.82, 2.24) is 5.01 Å². The molecule has 0 amide bonds. The van der Waals surface area contributed by atoms with Gasteiger partial charge in [-0.25, -0.2) is 5.01 Å². The van der Waals surface area contributed by atoms with Crippen LogP contribution in [0.2, 0.25) is 0 Å². The molecule has 76 valence electrons. The molecule has 0 saturated carbocycles. The van der Waals surface area contributed by atoms with Gasteiger partial charge in [0.15, 0.2) is 0 Å². The van der Waals surface area contributed by atoms with E-state index in [4.69, 9.17) is 5.73 Å². The van der Waals surface area contributed by atoms with Crippen LogP contribution in [0.25, 0.3) is 0 Å². The lowest BCUT2D eigenvalue weighted by Gasteiger charge is -2.30. The molecule has 1 fully saturated rings. The zero-order valence-corrected chi connectivity index (χ0v) is 8.32. The molecule has 1 aromatic carbocycles. The molecule has 0 aliphatic carbocycles. The standard InChI is InChI=1S/C11H17N3/c12-10-6-8-14(9-7-10)13-11-4-2-1-3-5-11/h1-5,10,13H,6-9,12H2. The van der Waals surface area contributed by atoms with Crippen molar-refractivity contribution in [2.45, 2.75) is 18.9 Å². The third-order valence-corrected chi connectivity index (χ3v) is 2.60. The van der Waals surface area contributed by atoms with Crippen LogP contribution < -0.4 is 11.2 Å². The van der Waals surface area contributed by atoms with E-state index < -0.39 is 0 Å². The number of para-hydroxylation sites is 1. The molecule has 3 heteroatoms. The summed E-state index contributed by atoms with van der Waals surface area (Å²) in [5, 5.41) is 2.23. The van der Waals surface area contributed by atoms with Crippen LogP contribution in [-0.4, -0.2) is 24.1 Å². The number of nitrogens with zero attached hydrogens (tertiary/aromatic N) is 1. The third-order valence-electron chi connectivity index (χ3n) is 2.60. The monoisotopic (exact) mass is 191 g/mol. The van der Waals surface area contributed by atoms with Gasteiger partial charge in [0.2, 0.25) is 0 Å². The topological polar surface area (TPSA) is 41.3 Å². The predicted octanol–water partition coefficient (Wildman–Crippen LogP) is 1.44. The van der Waals surface area contributed by atoms with Gasteiger partial charge in [-0.1, -0.05) is 18.2 Å². The fourth-order valence-electron chi connectivity index (χ4n) is 1.71. The lowest BCUT2D eigenvalue weighted by atomic mass is 10.1. The van der Waals surface area contributed by atoms with Crippen molar-refractivity contribution < 1.29 is 0 Å². The summed E-state index contributed by atoms with van der Waals surface area (Å²) in [6, 6.07) is 10.7. The largest absolute Gasteiger partial charge is 0.328 e. The van der Waals surface area contributed by atoms with Crippen LogP contribution in [0, 0.1) is 0 Å². The predicted molar refractivity (Wildman–Crippen MR) is 58.8 cm³/mol. The van der Waals surface area contributed by atoms with Gasteiger partial charge >= 0.3 is 0 Å². The van der Waals surface area contributed by atoms with Gasteiger partial charge < -0.3 is 11.2 Å². The second-order valence-corrected chi connectivity index (χ2v) is 3.80. The quantitative estimate of drug-likeness (QED) is 0.743. The van der Waals surface area contributed by atoms with E-state index in [2.05, 4.69) is 22.6 Å². The number of nitrogens with two attached hydrogens (primary N) is 1. The summed E-state index contributed by atoms with van der Waals surface area (Å²) in [6.45, 7) is 2.08. The summed E-state index contributed by atoms with van der Waals surface area (Å²) in [7, 11) is 0. The van der Waals surface area contributed by atoms with Gasteiger partial charge in [-0.05, 0) is 25.0 Å². The summed E-state index contributed by atoms with van der Waals surface area (Å²) >= 11 is 0. The summed E-state index contributed by atoms with van der Waals surface area (Å²) < 4.78 is 0. The highest BCUT2D eigenvalue weighted by Crippen LogP contribution is 2.11. The van der Waals surface area contributed by atoms with Crippen LogP contribution in [0.15, 0.2) is 30.3 Å². The van der Waals surface area contributed by atoms with E-state index in [0.717, 1.165) is 31.6 Å². The number of nitrogens with one attached hydrogen (secondary N) is 1. The van der Waals surface area contributed by atoms with Gasteiger partial charge in [-0.15, -0.1) is 0 Å². The van der Waals surface area contributed by atoms with Crippen molar-refractivity contribution >= 4 is 5.69 Å². The summed E-state index contributed by atoms with van der Waals surface area (Å²) in [5.74, 6) is 0. The number of anilines is 1. The molecule has 0 unspecified atom stereocenters. The average Bonchev–Trinajstić information content (AvgIpc) is 2.23. The Labute approximate surface area is 84.9 Å². The zero-order chi connectivity index (χ0) is 9.80. The van der Waals surface area contributed by atoms with E-state index in [-0.39, 0.29) is 0 Å². The Bertz CT molecular complexity index is 265. The molecule has 1 aromatic rings. The molecule has 14 heavy (non-hydrogen) atoms. The molecule has 0 atom stereocenters. The van der Waals surface area contributed by atoms with Crippen molar-refractivity contribution in [3.05, 3.63) is 30.3 Å². The molecule has 2 rings (SSSR count). The Kier molecular flexibility index (Phi) is 3.01. The fraction of sp³-hybridized carbons (Fsp3) is 0.455. The molecule has 0 aromatic heterocycles. The Hall–Kier alpha value is -1.06. The number of hydrazine groups is 1. The van der Waals surface area contributed by atoms with Gasteiger partial charge in [-0.3, -0.25) is 0 Å². The Morgan fingerprint density at radius 2 is 1.79 bits per heavy atom. The first-order chi connectivity index (χ1) is 6.84. The van der Waals surface area contributed by atoms with E-state index in [1.54, 1.807) is 0 Å². The zero-order valence-electron chi connectivity index (χ0n) is 8.32. The number of hydrogen-bond donors (Lipinski definition) is 2. The lowest BCUT2D eigenvalue weighted by Crippen LogP contribution is -2.42. The first-order valence-corrected chi connectivity index (χ1v) is 5.17. The lowest BCUT2D eigenvalue weighted by molar-refractivity contribution is 0.253. The van der Waals surface area contributed by atoms with Gasteiger partial charge in [0, 0.05) is 24.8 Å². The van der Waals surface area contributed by atoms with Crippen LogP contribution in [-0.2, 0) is 0 Å². The maximum Gasteiger partial charge on any atom is 0.0490 e. The minimum atomic E-state index is 0.392. The van der Waals surface area contributed by atoms with Gasteiger partial charge in [0.25, 0.3) is 0 Å². The van der Waals surface area contributed by atoms with Crippen molar-refractivity contribution in [2.24, 2.45) is 5.73 Å². The van der Waals surface area contributed by atoms with Crippen molar-refractivity contribution in [1.29, 1.82) is 0 Å². The van der Waals surface area contributed by atoms with Crippen LogP contribution in [0.4, 0.5) is 5.69 Å². The second-order valence-electron chi connectivity index (χ2n) is 3.80. The summed E-state index contributed by atoms with van der Waals surface area (Å²) in [4.78, 5) is 0. The van der Waals surface area contributed by atoms with Gasteiger partial charge in [-0.2, -0.15) is 0 Å². The van der Waals surface area contributed by atoms with E-state index in [1.807, 2.05) is 18.2 Å². The molecule has 1 heterocycles. The number of hydrogen-bond acceptors (Lipinski definition) is 3. The molecule has 1 saturated heterocycles. The summed E-state index contributed by atoms with van der Waals surface area (Å²) in [5.41, 5.74) is 10.4. The minimum Gasteiger partial charge on any atom is -0.328 e. The van der Waals surface area contributed by atoms with Crippen LogP contribution in [0.5, 0.6) is 0 Å². The second kappa shape index (κ2) is 4.44. The minimum absolute atomic E-state index is 0.392. The van der Waals surface area contributed by atoms with Crippen LogP contribution in [0.1, 0.15) is 12.8 Å². The Morgan fingerprint density at radius 3 is 2.43 bits per heavy atom. The van der Waals surface area contributed by atoms with Crippen LogP contribution in [0.3, 0.4) is 0 Å². The highest BCUT2D eigenvalue weighted by atomic mass is 15.5. The molecule has 0 spiro atoms. The smallest absolute Gasteiger partial charge is 0.0490 e. The van der Waals surface area contributed by atoms with E-state index in [1.165, 1.54) is 0 Å². The Morgan fingerprint density at radius 1 is 1.14 bits per heavy atom. The van der Waals surface area contributed by atoms with Crippen molar-refractivity contribution in [3.63, 3.8) is 0 Å². The Balaban J connectivity index is 1.87. The fourth-order valence-corrected chi connectivity index (χ4v) is 1.71. The molecular weight excluding hydrogens is 174 g/mol. The van der Waals surface area contributed by atoms with Crippen LogP contribution >= 0.6 is 0 Å². The van der Waals surface area contributed by atoms with Crippen molar-refractivity contribution in [3.8, 4) is 0 Å². The third kappa shape index (κ3) is 2.47. The molecule has 1 aliphatic rings. The van der Waals surface area contributed by atoms with E-state index in [9.17, 15) is 0 Å². The highest BCUT2D eigenvalue weighted by Gasteiger charge is 2.15. The molecule has 3 N–H and O–H groups in total. The number of benzene rings is 1. The normalized spacial score (nSPS) is 19.5. The number of rotatable bonds is 2. The first kappa shape index (κ1) is 9.49. The maximum absolute atomic E-state index is 5.84. The molecule has 1 aliphatic heterocycles. The van der Waals surface area contributed by atoms with E-state index in [0.29, 0.717) is 6.04 Å². The molecule has 0 bridgehead atoms. The maximum atomic E-state index is 5.84. The molecule has 3 nitrogen and oxygen atoms in total. The SMILES string of the molecule is NC1CCN(Nc2ccccc2)CC1. The number of piperidine rings is 1. The van der Waals surface area contributed by atoms with Gasteiger partial charge in [0.05, 0.1) is 0 Å². The highest BCUT2D eigenvalue weighted by molar-refractivity contribution is 5.41. The molecular formula is C11H17N3. The average molecular weight is 191 g/mol. The van der Waals surface area contributed by atoms with E-state index >= 15 is 0 Å². The first-order valence-electron chi connectivity index (χ1n) is 5.17. The summed E-state index contributed by atoms with van der Waals surface area (Å²) in [6.07, 6.45) is 2.17. The molecule has 0 radical (unpaired) electrons. The van der Waals surface area contributed by atoms with Gasteiger partial charge in [0.1, 0.15) is 0 Å². The van der Waals surface area contributed by atoms with Crippen molar-refractivity contribution in [2.75, 3.05) is 18.5 Å².